The molecule has 2 rings (SSSR count). The molecule has 0 aliphatic carbocycles. The molecule has 66 valence electrons. The molecule has 0 aliphatic rings. The first-order valence-corrected chi connectivity index (χ1v) is 4.94. The van der Waals surface area contributed by atoms with Crippen molar-refractivity contribution in [3.63, 3.8) is 0 Å². The van der Waals surface area contributed by atoms with Crippen molar-refractivity contribution in [1.82, 2.24) is 4.37 Å². The highest BCUT2D eigenvalue weighted by atomic mass is 35.5. The van der Waals surface area contributed by atoms with Gasteiger partial charge in [-0.15, -0.1) is 0 Å². The van der Waals surface area contributed by atoms with Gasteiger partial charge in [-0.25, -0.2) is 0 Å². The van der Waals surface area contributed by atoms with Crippen LogP contribution in [0.1, 0.15) is 0 Å². The van der Waals surface area contributed by atoms with Gasteiger partial charge in [0.25, 0.3) is 0 Å². The van der Waals surface area contributed by atoms with Crippen molar-refractivity contribution < 1.29 is 0 Å². The fraction of sp³-hybridized carbons (Fsp3) is 0. The first kappa shape index (κ1) is 8.53. The molecule has 0 amide bonds. The van der Waals surface area contributed by atoms with Crippen LogP contribution in [0, 0.1) is 0 Å². The normalized spacial score (nSPS) is 10.2. The van der Waals surface area contributed by atoms with Crippen molar-refractivity contribution in [2.24, 2.45) is 0 Å². The van der Waals surface area contributed by atoms with Gasteiger partial charge in [-0.2, -0.15) is 4.37 Å². The fourth-order valence-electron chi connectivity index (χ4n) is 1.10. The third-order valence-electron chi connectivity index (χ3n) is 1.70. The maximum atomic E-state index is 5.85. The van der Waals surface area contributed by atoms with Crippen LogP contribution >= 0.6 is 23.1 Å². The highest BCUT2D eigenvalue weighted by molar-refractivity contribution is 7.04. The van der Waals surface area contributed by atoms with E-state index in [0.717, 1.165) is 11.3 Å². The Morgan fingerprint density at radius 2 is 2.23 bits per heavy atom. The summed E-state index contributed by atoms with van der Waals surface area (Å²) >= 11 is 7.20. The second kappa shape index (κ2) is 3.36. The summed E-state index contributed by atoms with van der Waals surface area (Å²) in [6.07, 6.45) is 0. The number of benzene rings is 1. The Kier molecular flexibility index (Phi) is 2.20. The van der Waals surface area contributed by atoms with E-state index in [2.05, 4.69) is 4.37 Å². The molecule has 1 aromatic carbocycles. The number of hydrogen-bond donors (Lipinski definition) is 1. The van der Waals surface area contributed by atoms with Crippen LogP contribution < -0.4 is 5.73 Å². The Bertz CT molecular complexity index is 425. The third-order valence-corrected chi connectivity index (χ3v) is 2.58. The zero-order valence-corrected chi connectivity index (χ0v) is 8.27. The molecule has 0 saturated heterocycles. The maximum absolute atomic E-state index is 5.85. The van der Waals surface area contributed by atoms with Crippen LogP contribution in [-0.4, -0.2) is 4.37 Å². The first-order valence-electron chi connectivity index (χ1n) is 3.73. The highest BCUT2D eigenvalue weighted by Gasteiger charge is 2.04. The minimum Gasteiger partial charge on any atom is -0.396 e. The van der Waals surface area contributed by atoms with Gasteiger partial charge in [0.05, 0.1) is 5.69 Å². The molecule has 0 spiro atoms. The molecule has 1 heterocycles. The van der Waals surface area contributed by atoms with Crippen molar-refractivity contribution >= 4 is 28.8 Å². The summed E-state index contributed by atoms with van der Waals surface area (Å²) in [5.41, 5.74) is 8.21. The van der Waals surface area contributed by atoms with Gasteiger partial charge in [-0.05, 0) is 23.7 Å². The molecule has 0 atom stereocenters. The predicted molar refractivity (Wildman–Crippen MR) is 57.0 cm³/mol. The van der Waals surface area contributed by atoms with E-state index in [1.165, 1.54) is 11.5 Å². The van der Waals surface area contributed by atoms with Crippen LogP contribution in [0.4, 0.5) is 5.69 Å². The van der Waals surface area contributed by atoms with Gasteiger partial charge in [0.2, 0.25) is 0 Å². The molecule has 0 saturated carbocycles. The van der Waals surface area contributed by atoms with E-state index >= 15 is 0 Å². The quantitative estimate of drug-likeness (QED) is 0.786. The molecule has 0 unspecified atom stereocenters. The number of nitrogens with two attached hydrogens (primary N) is 1. The molecule has 0 radical (unpaired) electrons. The average molecular weight is 211 g/mol. The molecule has 2 nitrogen and oxygen atoms in total. The van der Waals surface area contributed by atoms with E-state index in [1.807, 2.05) is 29.6 Å². The van der Waals surface area contributed by atoms with Gasteiger partial charge in [-0.3, -0.25) is 0 Å². The molecule has 2 N–H and O–H groups in total. The zero-order valence-electron chi connectivity index (χ0n) is 6.70. The molecule has 13 heavy (non-hydrogen) atoms. The molecular weight excluding hydrogens is 204 g/mol. The van der Waals surface area contributed by atoms with Gasteiger partial charge >= 0.3 is 0 Å². The predicted octanol–water partition coefficient (Wildman–Crippen LogP) is 3.05. The van der Waals surface area contributed by atoms with E-state index in [1.54, 1.807) is 0 Å². The highest BCUT2D eigenvalue weighted by Crippen LogP contribution is 2.27. The fourth-order valence-corrected chi connectivity index (χ4v) is 1.88. The monoisotopic (exact) mass is 210 g/mol. The van der Waals surface area contributed by atoms with Gasteiger partial charge in [0.1, 0.15) is 5.69 Å². The second-order valence-electron chi connectivity index (χ2n) is 2.63. The Balaban J connectivity index is 2.53. The molecular formula is C9H7ClN2S. The third kappa shape index (κ3) is 1.66. The number of halogens is 1. The van der Waals surface area contributed by atoms with Crippen LogP contribution in [0.2, 0.25) is 5.02 Å². The summed E-state index contributed by atoms with van der Waals surface area (Å²) in [5, 5.41) is 2.51. The number of aromatic nitrogens is 1. The van der Waals surface area contributed by atoms with Crippen LogP contribution in [0.15, 0.2) is 29.6 Å². The summed E-state index contributed by atoms with van der Waals surface area (Å²) in [5.74, 6) is 0. The van der Waals surface area contributed by atoms with Gasteiger partial charge in [-0.1, -0.05) is 23.7 Å². The lowest BCUT2D eigenvalue weighted by atomic mass is 10.1. The van der Waals surface area contributed by atoms with Crippen LogP contribution in [0.5, 0.6) is 0 Å². The van der Waals surface area contributed by atoms with Crippen molar-refractivity contribution in [3.8, 4) is 11.3 Å². The number of anilines is 1. The minimum absolute atomic E-state index is 0.699. The van der Waals surface area contributed by atoms with E-state index in [9.17, 15) is 0 Å². The summed E-state index contributed by atoms with van der Waals surface area (Å²) in [7, 11) is 0. The Morgan fingerprint density at radius 1 is 1.38 bits per heavy atom. The van der Waals surface area contributed by atoms with Crippen molar-refractivity contribution in [2.75, 3.05) is 5.73 Å². The Labute approximate surface area is 85.1 Å². The summed E-state index contributed by atoms with van der Waals surface area (Å²) in [6.45, 7) is 0. The first-order chi connectivity index (χ1) is 6.27. The topological polar surface area (TPSA) is 38.9 Å². The number of nitrogens with zero attached hydrogens (tertiary/aromatic N) is 1. The van der Waals surface area contributed by atoms with E-state index < -0.39 is 0 Å². The standard InChI is InChI=1S/C9H7ClN2S/c10-7-3-1-2-6(4-7)9-8(11)5-13-12-9/h1-5H,11H2. The molecule has 2 aromatic rings. The lowest BCUT2D eigenvalue weighted by Gasteiger charge is -1.98. The molecule has 0 bridgehead atoms. The van der Waals surface area contributed by atoms with E-state index in [-0.39, 0.29) is 0 Å². The minimum atomic E-state index is 0.699. The molecule has 1 aromatic heterocycles. The van der Waals surface area contributed by atoms with Crippen molar-refractivity contribution in [1.29, 1.82) is 0 Å². The Morgan fingerprint density at radius 3 is 2.85 bits per heavy atom. The summed E-state index contributed by atoms with van der Waals surface area (Å²) in [6, 6.07) is 7.51. The smallest absolute Gasteiger partial charge is 0.107 e. The summed E-state index contributed by atoms with van der Waals surface area (Å²) in [4.78, 5) is 0. The molecule has 0 aliphatic heterocycles. The van der Waals surface area contributed by atoms with Crippen LogP contribution in [0.25, 0.3) is 11.3 Å². The Hall–Kier alpha value is -1.06. The summed E-state index contributed by atoms with van der Waals surface area (Å²) < 4.78 is 4.19. The zero-order chi connectivity index (χ0) is 9.26. The lowest BCUT2D eigenvalue weighted by Crippen LogP contribution is -1.85. The van der Waals surface area contributed by atoms with E-state index in [0.29, 0.717) is 10.7 Å². The SMILES string of the molecule is Nc1csnc1-c1cccc(Cl)c1. The van der Waals surface area contributed by atoms with Crippen LogP contribution in [-0.2, 0) is 0 Å². The lowest BCUT2D eigenvalue weighted by molar-refractivity contribution is 1.52. The number of rotatable bonds is 1. The second-order valence-corrected chi connectivity index (χ2v) is 3.69. The average Bonchev–Trinajstić information content (AvgIpc) is 2.51. The molecule has 4 heteroatoms. The van der Waals surface area contributed by atoms with E-state index in [4.69, 9.17) is 17.3 Å². The van der Waals surface area contributed by atoms with Gasteiger partial charge < -0.3 is 5.73 Å². The number of hydrogen-bond acceptors (Lipinski definition) is 3. The maximum Gasteiger partial charge on any atom is 0.107 e. The van der Waals surface area contributed by atoms with Crippen LogP contribution in [0.3, 0.4) is 0 Å². The van der Waals surface area contributed by atoms with Gasteiger partial charge in [0, 0.05) is 16.0 Å². The van der Waals surface area contributed by atoms with Gasteiger partial charge in [0.15, 0.2) is 0 Å². The van der Waals surface area contributed by atoms with Crippen molar-refractivity contribution in [2.45, 2.75) is 0 Å². The largest absolute Gasteiger partial charge is 0.396 e. The van der Waals surface area contributed by atoms with Crippen molar-refractivity contribution in [3.05, 3.63) is 34.7 Å². The number of nitrogen functional groups attached to an aromatic ring is 1. The molecule has 0 fully saturated rings.